The van der Waals surface area contributed by atoms with Crippen molar-refractivity contribution in [2.45, 2.75) is 12.0 Å². The molecule has 1 atom stereocenters. The number of hydrogen-bond donors (Lipinski definition) is 1. The van der Waals surface area contributed by atoms with Crippen LogP contribution in [0.1, 0.15) is 17.5 Å². The van der Waals surface area contributed by atoms with Crippen LogP contribution < -0.4 is 9.64 Å². The van der Waals surface area contributed by atoms with Gasteiger partial charge in [-0.25, -0.2) is 0 Å². The summed E-state index contributed by atoms with van der Waals surface area (Å²) in [5.74, 6) is -1.91. The third-order valence-corrected chi connectivity index (χ3v) is 6.29. The van der Waals surface area contributed by atoms with Gasteiger partial charge in [0.1, 0.15) is 11.5 Å². The Balaban J connectivity index is 1.96. The van der Waals surface area contributed by atoms with Crippen molar-refractivity contribution < 1.29 is 24.2 Å². The number of benzene rings is 2. The zero-order valence-corrected chi connectivity index (χ0v) is 19.2. The first-order chi connectivity index (χ1) is 15.7. The van der Waals surface area contributed by atoms with E-state index in [9.17, 15) is 19.5 Å². The van der Waals surface area contributed by atoms with Crippen molar-refractivity contribution in [3.8, 4) is 5.75 Å². The molecule has 2 aliphatic rings. The second-order valence-electron chi connectivity index (χ2n) is 8.49. The van der Waals surface area contributed by atoms with Crippen LogP contribution >= 0.6 is 0 Å². The van der Waals surface area contributed by atoms with E-state index in [4.69, 9.17) is 4.74 Å². The molecule has 8 nitrogen and oxygen atoms in total. The quantitative estimate of drug-likeness (QED) is 0.413. The highest BCUT2D eigenvalue weighted by Gasteiger charge is 2.66. The molecule has 8 heteroatoms. The smallest absolute Gasteiger partial charge is 0.296 e. The summed E-state index contributed by atoms with van der Waals surface area (Å²) in [6.07, 6.45) is 0.559. The number of carbonyl (C=O) groups is 3. The minimum Gasteiger partial charge on any atom is -0.507 e. The van der Waals surface area contributed by atoms with Crippen molar-refractivity contribution in [1.29, 1.82) is 0 Å². The Morgan fingerprint density at radius 1 is 1.06 bits per heavy atom. The van der Waals surface area contributed by atoms with Crippen molar-refractivity contribution in [3.05, 3.63) is 65.2 Å². The number of nitrogens with zero attached hydrogens (tertiary/aromatic N) is 3. The maximum atomic E-state index is 13.8. The Morgan fingerprint density at radius 3 is 2.36 bits per heavy atom. The first kappa shape index (κ1) is 22.5. The minimum atomic E-state index is -1.71. The van der Waals surface area contributed by atoms with Crippen molar-refractivity contribution >= 4 is 29.0 Å². The topological polar surface area (TPSA) is 90.4 Å². The summed E-state index contributed by atoms with van der Waals surface area (Å²) < 4.78 is 5.17. The molecule has 33 heavy (non-hydrogen) atoms. The molecule has 0 aliphatic carbocycles. The van der Waals surface area contributed by atoms with Crippen LogP contribution in [0.4, 0.5) is 5.69 Å². The van der Waals surface area contributed by atoms with Gasteiger partial charge in [0.05, 0.1) is 12.7 Å². The molecule has 0 saturated carbocycles. The molecule has 2 aromatic carbocycles. The van der Waals surface area contributed by atoms with Crippen LogP contribution in [-0.4, -0.2) is 73.8 Å². The highest BCUT2D eigenvalue weighted by atomic mass is 16.5. The van der Waals surface area contributed by atoms with Gasteiger partial charge in [-0.2, -0.15) is 0 Å². The number of likely N-dealkylation sites (N-methyl/N-ethyl adjacent to an activating group) is 1. The lowest BCUT2D eigenvalue weighted by atomic mass is 9.82. The van der Waals surface area contributed by atoms with Crippen molar-refractivity contribution in [1.82, 2.24) is 9.80 Å². The second kappa shape index (κ2) is 8.37. The van der Waals surface area contributed by atoms with Crippen LogP contribution in [0.3, 0.4) is 0 Å². The van der Waals surface area contributed by atoms with Gasteiger partial charge in [0.2, 0.25) is 0 Å². The highest BCUT2D eigenvalue weighted by molar-refractivity contribution is 6.50. The van der Waals surface area contributed by atoms with Gasteiger partial charge in [0, 0.05) is 30.4 Å². The van der Waals surface area contributed by atoms with Gasteiger partial charge < -0.3 is 24.5 Å². The number of hydrogen-bond acceptors (Lipinski definition) is 6. The van der Waals surface area contributed by atoms with Gasteiger partial charge in [0.15, 0.2) is 5.54 Å². The van der Waals surface area contributed by atoms with Gasteiger partial charge >= 0.3 is 0 Å². The van der Waals surface area contributed by atoms with E-state index in [1.807, 2.05) is 19.0 Å². The van der Waals surface area contributed by atoms with Crippen LogP contribution in [0.15, 0.2) is 54.1 Å². The van der Waals surface area contributed by atoms with E-state index in [1.165, 1.54) is 16.9 Å². The second-order valence-corrected chi connectivity index (χ2v) is 8.49. The van der Waals surface area contributed by atoms with Crippen molar-refractivity contribution in [2.75, 3.05) is 46.2 Å². The Bertz CT molecular complexity index is 1150. The molecule has 1 fully saturated rings. The number of aliphatic hydroxyl groups excluding tert-OH is 1. The highest BCUT2D eigenvalue weighted by Crippen LogP contribution is 2.53. The fourth-order valence-corrected chi connectivity index (χ4v) is 4.71. The molecular formula is C25H27N3O5. The van der Waals surface area contributed by atoms with Gasteiger partial charge in [-0.15, -0.1) is 0 Å². The van der Waals surface area contributed by atoms with Crippen LogP contribution in [0.5, 0.6) is 5.75 Å². The number of ketones is 1. The van der Waals surface area contributed by atoms with E-state index in [1.54, 1.807) is 55.6 Å². The lowest BCUT2D eigenvalue weighted by Crippen LogP contribution is -2.51. The minimum absolute atomic E-state index is 0.191. The van der Waals surface area contributed by atoms with Crippen LogP contribution in [0.25, 0.3) is 5.76 Å². The maximum Gasteiger partial charge on any atom is 0.296 e. The first-order valence-electron chi connectivity index (χ1n) is 10.7. The number of ether oxygens (including phenoxy) is 1. The number of para-hydroxylation sites is 1. The number of Topliss-reactive ketones (excluding diaryl/α,β-unsaturated/α-hetero) is 1. The monoisotopic (exact) mass is 449 g/mol. The molecule has 4 rings (SSSR count). The number of methoxy groups -OCH3 is 1. The summed E-state index contributed by atoms with van der Waals surface area (Å²) >= 11 is 0. The fraction of sp³-hybridized carbons (Fsp3) is 0.320. The Hall–Kier alpha value is -3.65. The van der Waals surface area contributed by atoms with E-state index in [-0.39, 0.29) is 17.9 Å². The lowest BCUT2D eigenvalue weighted by molar-refractivity contribution is -0.143. The molecule has 2 amide bonds. The molecule has 2 aliphatic heterocycles. The van der Waals surface area contributed by atoms with Crippen LogP contribution in [-0.2, 0) is 19.9 Å². The first-order valence-corrected chi connectivity index (χ1v) is 10.7. The van der Waals surface area contributed by atoms with E-state index >= 15 is 0 Å². The van der Waals surface area contributed by atoms with E-state index in [2.05, 4.69) is 0 Å². The molecule has 1 saturated heterocycles. The molecule has 0 radical (unpaired) electrons. The molecule has 172 valence electrons. The van der Waals surface area contributed by atoms with Crippen molar-refractivity contribution in [2.24, 2.45) is 0 Å². The third-order valence-electron chi connectivity index (χ3n) is 6.29. The van der Waals surface area contributed by atoms with Crippen molar-refractivity contribution in [3.63, 3.8) is 0 Å². The predicted molar refractivity (Wildman–Crippen MR) is 124 cm³/mol. The zero-order valence-electron chi connectivity index (χ0n) is 19.2. The maximum absolute atomic E-state index is 13.8. The zero-order chi connectivity index (χ0) is 23.9. The Kier molecular flexibility index (Phi) is 5.71. The largest absolute Gasteiger partial charge is 0.507 e. The summed E-state index contributed by atoms with van der Waals surface area (Å²) in [6.45, 7) is 0.860. The molecule has 2 aromatic rings. The number of carbonyl (C=O) groups excluding carboxylic acids is 3. The van der Waals surface area contributed by atoms with E-state index in [0.29, 0.717) is 35.5 Å². The van der Waals surface area contributed by atoms with Gasteiger partial charge in [-0.3, -0.25) is 14.4 Å². The van der Waals surface area contributed by atoms with Gasteiger partial charge in [0.25, 0.3) is 17.6 Å². The fourth-order valence-electron chi connectivity index (χ4n) is 4.71. The summed E-state index contributed by atoms with van der Waals surface area (Å²) in [5, 5.41) is 11.3. The number of likely N-dealkylation sites (tertiary alicyclic amines) is 1. The average molecular weight is 450 g/mol. The molecule has 1 spiro atoms. The van der Waals surface area contributed by atoms with Crippen LogP contribution in [0.2, 0.25) is 0 Å². The lowest BCUT2D eigenvalue weighted by Gasteiger charge is -2.34. The molecule has 1 N–H and O–H groups in total. The number of anilines is 1. The number of rotatable bonds is 6. The van der Waals surface area contributed by atoms with Gasteiger partial charge in [-0.1, -0.05) is 18.2 Å². The normalized spacial score (nSPS) is 21.4. The molecule has 0 aromatic heterocycles. The number of amides is 2. The number of fused-ring (bicyclic) bond motifs is 2. The Labute approximate surface area is 192 Å². The number of aliphatic hydroxyl groups is 1. The summed E-state index contributed by atoms with van der Waals surface area (Å²) in [7, 11) is 6.97. The summed E-state index contributed by atoms with van der Waals surface area (Å²) in [5.41, 5.74) is -0.486. The summed E-state index contributed by atoms with van der Waals surface area (Å²) in [6, 6.07) is 13.5. The molecule has 0 bridgehead atoms. The summed E-state index contributed by atoms with van der Waals surface area (Å²) in [4.78, 5) is 45.2. The van der Waals surface area contributed by atoms with E-state index in [0.717, 1.165) is 0 Å². The molecule has 2 heterocycles. The van der Waals surface area contributed by atoms with Gasteiger partial charge in [-0.05, 0) is 57.4 Å². The standard InChI is InChI=1S/C25H27N3O5/c1-26(2)14-7-15-28-23(31)22(30)20(21(29)16-10-12-17(33-4)13-11-16)25(28)18-8-5-6-9-19(18)27(3)24(25)32/h5-6,8-13,29H,7,14-15H2,1-4H3. The molecular weight excluding hydrogens is 422 g/mol. The average Bonchev–Trinajstić information content (AvgIpc) is 3.17. The predicted octanol–water partition coefficient (Wildman–Crippen LogP) is 2.20. The SMILES string of the molecule is COc1ccc(C(O)=C2C(=O)C(=O)N(CCCN(C)C)C23C(=O)N(C)c2ccccc23)cc1. The van der Waals surface area contributed by atoms with Crippen LogP contribution in [0, 0.1) is 0 Å². The van der Waals surface area contributed by atoms with E-state index < -0.39 is 23.1 Å². The molecule has 1 unspecified atom stereocenters. The Morgan fingerprint density at radius 2 is 1.73 bits per heavy atom. The third kappa shape index (κ3) is 3.29.